The second-order valence-electron chi connectivity index (χ2n) is 4.58. The van der Waals surface area contributed by atoms with Gasteiger partial charge in [-0.05, 0) is 30.5 Å². The zero-order valence-corrected chi connectivity index (χ0v) is 12.5. The van der Waals surface area contributed by atoms with Gasteiger partial charge in [-0.3, -0.25) is 4.79 Å². The van der Waals surface area contributed by atoms with E-state index >= 15 is 0 Å². The molecule has 1 aliphatic carbocycles. The monoisotopic (exact) mass is 299 g/mol. The summed E-state index contributed by atoms with van der Waals surface area (Å²) in [7, 11) is 1.41. The highest BCUT2D eigenvalue weighted by Gasteiger charge is 2.20. The first-order valence-electron chi connectivity index (χ1n) is 6.40. The van der Waals surface area contributed by atoms with E-state index in [9.17, 15) is 4.79 Å². The summed E-state index contributed by atoms with van der Waals surface area (Å²) in [5, 5.41) is 4.23. The molecule has 5 heteroatoms. The molecule has 3 nitrogen and oxygen atoms in total. The number of nitrogens with one attached hydrogen (secondary N) is 1. The van der Waals surface area contributed by atoms with Crippen molar-refractivity contribution in [2.45, 2.75) is 36.7 Å². The predicted octanol–water partition coefficient (Wildman–Crippen LogP) is 3.25. The number of benzene rings is 1. The minimum Gasteiger partial charge on any atom is -0.469 e. The molecule has 1 aromatic carbocycles. The fourth-order valence-electron chi connectivity index (χ4n) is 1.66. The maximum atomic E-state index is 11.0. The number of hydrogen-bond acceptors (Lipinski definition) is 4. The molecule has 1 fully saturated rings. The third kappa shape index (κ3) is 5.05. The van der Waals surface area contributed by atoms with Gasteiger partial charge in [-0.15, -0.1) is 11.8 Å². The van der Waals surface area contributed by atoms with Crippen LogP contribution in [-0.4, -0.2) is 24.9 Å². The molecule has 1 aliphatic rings. The van der Waals surface area contributed by atoms with E-state index in [1.807, 2.05) is 6.07 Å². The summed E-state index contributed by atoms with van der Waals surface area (Å²) in [5.41, 5.74) is 1.13. The summed E-state index contributed by atoms with van der Waals surface area (Å²) in [6.45, 7) is 0.830. The van der Waals surface area contributed by atoms with Crippen LogP contribution in [0.25, 0.3) is 0 Å². The summed E-state index contributed by atoms with van der Waals surface area (Å²) in [6, 6.07) is 6.76. The molecule has 0 heterocycles. The van der Waals surface area contributed by atoms with Crippen molar-refractivity contribution in [1.82, 2.24) is 5.32 Å². The van der Waals surface area contributed by atoms with Crippen LogP contribution in [0.15, 0.2) is 23.1 Å². The van der Waals surface area contributed by atoms with Gasteiger partial charge in [0, 0.05) is 28.3 Å². The maximum absolute atomic E-state index is 11.0. The van der Waals surface area contributed by atoms with E-state index in [1.54, 1.807) is 11.8 Å². The van der Waals surface area contributed by atoms with Crippen molar-refractivity contribution in [2.24, 2.45) is 0 Å². The molecule has 104 valence electrons. The number of thioether (sulfide) groups is 1. The van der Waals surface area contributed by atoms with Crippen molar-refractivity contribution in [3.05, 3.63) is 28.8 Å². The average molecular weight is 300 g/mol. The van der Waals surface area contributed by atoms with Gasteiger partial charge in [0.15, 0.2) is 0 Å². The van der Waals surface area contributed by atoms with Crippen LogP contribution in [0.1, 0.15) is 24.8 Å². The van der Waals surface area contributed by atoms with Gasteiger partial charge < -0.3 is 10.1 Å². The Balaban J connectivity index is 1.81. The van der Waals surface area contributed by atoms with Gasteiger partial charge in [0.1, 0.15) is 0 Å². The summed E-state index contributed by atoms with van der Waals surface area (Å²) >= 11 is 7.88. The maximum Gasteiger partial charge on any atom is 0.306 e. The number of carbonyl (C=O) groups excluding carboxylic acids is 1. The molecule has 0 atom stereocenters. The van der Waals surface area contributed by atoms with E-state index < -0.39 is 0 Å². The molecular weight excluding hydrogens is 282 g/mol. The van der Waals surface area contributed by atoms with Crippen LogP contribution in [0, 0.1) is 0 Å². The first kappa shape index (κ1) is 14.7. The van der Waals surface area contributed by atoms with Gasteiger partial charge in [-0.1, -0.05) is 17.7 Å². The smallest absolute Gasteiger partial charge is 0.306 e. The zero-order chi connectivity index (χ0) is 13.7. The van der Waals surface area contributed by atoms with Crippen molar-refractivity contribution in [2.75, 3.05) is 12.9 Å². The molecule has 0 saturated heterocycles. The minimum atomic E-state index is -0.177. The van der Waals surface area contributed by atoms with Gasteiger partial charge >= 0.3 is 5.97 Å². The number of rotatable bonds is 7. The first-order valence-corrected chi connectivity index (χ1v) is 7.77. The molecule has 1 saturated carbocycles. The molecule has 0 bridgehead atoms. The quantitative estimate of drug-likeness (QED) is 0.619. The molecule has 19 heavy (non-hydrogen) atoms. The molecule has 0 spiro atoms. The van der Waals surface area contributed by atoms with E-state index in [0.29, 0.717) is 18.2 Å². The van der Waals surface area contributed by atoms with E-state index in [-0.39, 0.29) is 5.97 Å². The van der Waals surface area contributed by atoms with Crippen molar-refractivity contribution in [3.63, 3.8) is 0 Å². The van der Waals surface area contributed by atoms with Crippen molar-refractivity contribution >= 4 is 29.3 Å². The minimum absolute atomic E-state index is 0.177. The zero-order valence-electron chi connectivity index (χ0n) is 10.9. The SMILES string of the molecule is COC(=O)CCSc1ccc(CNC2CC2)c(Cl)c1. The lowest BCUT2D eigenvalue weighted by Crippen LogP contribution is -2.15. The number of halogens is 1. The van der Waals surface area contributed by atoms with Crippen molar-refractivity contribution < 1.29 is 9.53 Å². The van der Waals surface area contributed by atoms with Gasteiger partial charge in [0.2, 0.25) is 0 Å². The number of carbonyl (C=O) groups is 1. The van der Waals surface area contributed by atoms with Crippen LogP contribution in [-0.2, 0) is 16.1 Å². The molecule has 0 aliphatic heterocycles. The summed E-state index contributed by atoms with van der Waals surface area (Å²) in [5.74, 6) is 0.534. The summed E-state index contributed by atoms with van der Waals surface area (Å²) < 4.78 is 4.60. The topological polar surface area (TPSA) is 38.3 Å². The lowest BCUT2D eigenvalue weighted by atomic mass is 10.2. The van der Waals surface area contributed by atoms with Crippen LogP contribution in [0.5, 0.6) is 0 Å². The number of hydrogen-bond donors (Lipinski definition) is 1. The molecule has 1 aromatic rings. The highest BCUT2D eigenvalue weighted by molar-refractivity contribution is 7.99. The highest BCUT2D eigenvalue weighted by Crippen LogP contribution is 2.26. The molecule has 0 aromatic heterocycles. The van der Waals surface area contributed by atoms with Gasteiger partial charge in [-0.25, -0.2) is 0 Å². The third-order valence-corrected chi connectivity index (χ3v) is 4.33. The Kier molecular flexibility index (Phi) is 5.55. The van der Waals surface area contributed by atoms with Crippen LogP contribution in [0.4, 0.5) is 0 Å². The van der Waals surface area contributed by atoms with E-state index in [2.05, 4.69) is 22.2 Å². The molecule has 2 rings (SSSR count). The van der Waals surface area contributed by atoms with Gasteiger partial charge in [0.25, 0.3) is 0 Å². The Bertz CT molecular complexity index is 449. The number of methoxy groups -OCH3 is 1. The predicted molar refractivity (Wildman–Crippen MR) is 78.7 cm³/mol. The Morgan fingerprint density at radius 1 is 1.53 bits per heavy atom. The molecule has 1 N–H and O–H groups in total. The number of ether oxygens (including phenoxy) is 1. The lowest BCUT2D eigenvalue weighted by molar-refractivity contribution is -0.140. The molecular formula is C14H18ClNO2S. The largest absolute Gasteiger partial charge is 0.469 e. The van der Waals surface area contributed by atoms with Crippen LogP contribution in [0.2, 0.25) is 5.02 Å². The molecule has 0 radical (unpaired) electrons. The van der Waals surface area contributed by atoms with Gasteiger partial charge in [-0.2, -0.15) is 0 Å². The van der Waals surface area contributed by atoms with E-state index in [4.69, 9.17) is 11.6 Å². The normalized spacial score (nSPS) is 14.4. The fourth-order valence-corrected chi connectivity index (χ4v) is 2.84. The van der Waals surface area contributed by atoms with Crippen LogP contribution >= 0.6 is 23.4 Å². The summed E-state index contributed by atoms with van der Waals surface area (Å²) in [6.07, 6.45) is 2.97. The summed E-state index contributed by atoms with van der Waals surface area (Å²) in [4.78, 5) is 12.1. The third-order valence-electron chi connectivity index (χ3n) is 2.99. The van der Waals surface area contributed by atoms with E-state index in [1.165, 1.54) is 20.0 Å². The van der Waals surface area contributed by atoms with Crippen molar-refractivity contribution in [1.29, 1.82) is 0 Å². The Morgan fingerprint density at radius 3 is 2.95 bits per heavy atom. The second kappa shape index (κ2) is 7.17. The number of esters is 1. The second-order valence-corrected chi connectivity index (χ2v) is 6.16. The Hall–Kier alpha value is -0.710. The molecule has 0 amide bonds. The van der Waals surface area contributed by atoms with Crippen LogP contribution in [0.3, 0.4) is 0 Å². The molecule has 0 unspecified atom stereocenters. The van der Waals surface area contributed by atoms with Gasteiger partial charge in [0.05, 0.1) is 13.5 Å². The standard InChI is InChI=1S/C14H18ClNO2S/c1-18-14(17)6-7-19-12-5-2-10(13(15)8-12)9-16-11-3-4-11/h2,5,8,11,16H,3-4,6-7,9H2,1H3. The first-order chi connectivity index (χ1) is 9.19. The fraction of sp³-hybridized carbons (Fsp3) is 0.500. The highest BCUT2D eigenvalue weighted by atomic mass is 35.5. The van der Waals surface area contributed by atoms with E-state index in [0.717, 1.165) is 22.0 Å². The average Bonchev–Trinajstić information content (AvgIpc) is 3.21. The van der Waals surface area contributed by atoms with Crippen LogP contribution < -0.4 is 5.32 Å². The lowest BCUT2D eigenvalue weighted by Gasteiger charge is -2.08. The Morgan fingerprint density at radius 2 is 2.32 bits per heavy atom. The Labute approximate surface area is 123 Å². The van der Waals surface area contributed by atoms with Crippen molar-refractivity contribution in [3.8, 4) is 0 Å².